The van der Waals surface area contributed by atoms with Crippen molar-refractivity contribution >= 4 is 13.7 Å². The van der Waals surface area contributed by atoms with E-state index in [1.54, 1.807) is 6.08 Å². The average Bonchev–Trinajstić information content (AvgIpc) is 3.32. The van der Waals surface area contributed by atoms with Crippen LogP contribution in [0.25, 0.3) is 0 Å². The molecule has 414 valence electrons. The molecule has 0 aromatic carbocycles. The molecule has 0 aromatic rings. The highest BCUT2D eigenvalue weighted by molar-refractivity contribution is 7.45. The van der Waals surface area contributed by atoms with Crippen LogP contribution in [0.15, 0.2) is 36.5 Å². The molecule has 0 fully saturated rings. The molecule has 70 heavy (non-hydrogen) atoms. The van der Waals surface area contributed by atoms with Gasteiger partial charge in [-0.2, -0.15) is 0 Å². The van der Waals surface area contributed by atoms with Crippen molar-refractivity contribution in [1.29, 1.82) is 0 Å². The first-order chi connectivity index (χ1) is 34.0. The third-order valence-corrected chi connectivity index (χ3v) is 14.8. The monoisotopic (exact) mass is 1010 g/mol. The smallest absolute Gasteiger partial charge is 0.268 e. The van der Waals surface area contributed by atoms with Gasteiger partial charge in [0.1, 0.15) is 13.2 Å². The highest BCUT2D eigenvalue weighted by Crippen LogP contribution is 2.38. The van der Waals surface area contributed by atoms with Crippen molar-refractivity contribution < 1.29 is 32.9 Å². The van der Waals surface area contributed by atoms with Crippen LogP contribution in [0.3, 0.4) is 0 Å². The van der Waals surface area contributed by atoms with Gasteiger partial charge in [0.15, 0.2) is 0 Å². The number of aliphatic hydroxyl groups is 1. The van der Waals surface area contributed by atoms with E-state index in [1.807, 2.05) is 27.2 Å². The maximum Gasteiger partial charge on any atom is 0.268 e. The van der Waals surface area contributed by atoms with Crippen molar-refractivity contribution in [3.8, 4) is 0 Å². The summed E-state index contributed by atoms with van der Waals surface area (Å²) in [5, 5.41) is 13.9. The van der Waals surface area contributed by atoms with Crippen molar-refractivity contribution in [3.05, 3.63) is 36.5 Å². The van der Waals surface area contributed by atoms with Crippen molar-refractivity contribution in [1.82, 2.24) is 5.32 Å². The first-order valence-electron chi connectivity index (χ1n) is 30.4. The van der Waals surface area contributed by atoms with Crippen molar-refractivity contribution in [2.75, 3.05) is 40.9 Å². The summed E-state index contributed by atoms with van der Waals surface area (Å²) in [4.78, 5) is 25.5. The summed E-state index contributed by atoms with van der Waals surface area (Å²) in [5.41, 5.74) is 0. The van der Waals surface area contributed by atoms with E-state index in [9.17, 15) is 19.4 Å². The normalized spacial score (nSPS) is 14.1. The van der Waals surface area contributed by atoms with E-state index < -0.39 is 20.0 Å². The fourth-order valence-corrected chi connectivity index (χ4v) is 9.79. The van der Waals surface area contributed by atoms with Gasteiger partial charge in [0.25, 0.3) is 7.82 Å². The lowest BCUT2D eigenvalue weighted by molar-refractivity contribution is -0.870. The molecule has 2 N–H and O–H groups in total. The number of nitrogens with one attached hydrogen (secondary N) is 1. The van der Waals surface area contributed by atoms with E-state index in [2.05, 4.69) is 43.5 Å². The Morgan fingerprint density at radius 2 is 0.829 bits per heavy atom. The molecule has 0 aromatic heterocycles. The number of phosphoric acid groups is 1. The molecule has 8 nitrogen and oxygen atoms in total. The summed E-state index contributed by atoms with van der Waals surface area (Å²) in [6, 6.07) is -0.892. The minimum Gasteiger partial charge on any atom is -0.756 e. The number of quaternary nitrogens is 1. The molecule has 0 rings (SSSR count). The van der Waals surface area contributed by atoms with E-state index in [-0.39, 0.29) is 19.1 Å². The molecule has 0 spiro atoms. The van der Waals surface area contributed by atoms with Gasteiger partial charge in [0.05, 0.1) is 39.9 Å². The van der Waals surface area contributed by atoms with E-state index in [1.165, 1.54) is 225 Å². The van der Waals surface area contributed by atoms with Crippen LogP contribution in [0.4, 0.5) is 0 Å². The van der Waals surface area contributed by atoms with E-state index in [0.717, 1.165) is 51.4 Å². The fraction of sp³-hybridized carbons (Fsp3) is 0.885. The molecule has 9 heteroatoms. The Labute approximate surface area is 436 Å². The van der Waals surface area contributed by atoms with E-state index >= 15 is 0 Å². The first-order valence-corrected chi connectivity index (χ1v) is 31.8. The van der Waals surface area contributed by atoms with Crippen molar-refractivity contribution in [2.24, 2.45) is 0 Å². The lowest BCUT2D eigenvalue weighted by atomic mass is 10.0. The molecule has 1 amide bonds. The third kappa shape index (κ3) is 54.5. The Hall–Kier alpha value is -1.28. The van der Waals surface area contributed by atoms with Crippen LogP contribution in [0.2, 0.25) is 0 Å². The fourth-order valence-electron chi connectivity index (χ4n) is 9.07. The summed E-state index contributed by atoms with van der Waals surface area (Å²) >= 11 is 0. The van der Waals surface area contributed by atoms with Crippen molar-refractivity contribution in [2.45, 2.75) is 309 Å². The number of carbonyl (C=O) groups excluding carboxylic acids is 1. The molecule has 3 atom stereocenters. The minimum absolute atomic E-state index is 0.00226. The molecule has 3 unspecified atom stereocenters. The standard InChI is InChI=1S/C61H119N2O6P/c1-6-8-10-12-14-16-18-20-22-24-26-28-30-31-33-34-36-38-40-42-44-46-48-50-52-54-60(64)59(58-69-70(66,67)68-57-56-63(3,4)5)62-61(65)55-53-51-49-47-45-43-41-39-37-35-32-29-27-25-23-21-19-17-15-13-11-9-7-2/h27,29,35,37,52,54,59-60,64H,6-26,28,30-34,36,38-51,53,55-58H2,1-5H3,(H-,62,65,66,67)/b29-27-,37-35-,54-52+. The summed E-state index contributed by atoms with van der Waals surface area (Å²) in [5.74, 6) is -0.201. The number of phosphoric ester groups is 1. The second-order valence-corrected chi connectivity index (χ2v) is 23.5. The number of allylic oxidation sites excluding steroid dienone is 5. The second-order valence-electron chi connectivity index (χ2n) is 22.1. The summed E-state index contributed by atoms with van der Waals surface area (Å²) in [6.07, 6.45) is 68.0. The maximum absolute atomic E-state index is 13.0. The van der Waals surface area contributed by atoms with Gasteiger partial charge >= 0.3 is 0 Å². The largest absolute Gasteiger partial charge is 0.756 e. The molecule has 0 aliphatic heterocycles. The average molecular weight is 1010 g/mol. The van der Waals surface area contributed by atoms with Gasteiger partial charge < -0.3 is 28.8 Å². The Morgan fingerprint density at radius 1 is 0.500 bits per heavy atom. The van der Waals surface area contributed by atoms with Crippen LogP contribution in [-0.4, -0.2) is 68.5 Å². The Morgan fingerprint density at radius 3 is 1.19 bits per heavy atom. The number of hydrogen-bond acceptors (Lipinski definition) is 6. The number of unbranched alkanes of at least 4 members (excludes halogenated alkanes) is 39. The van der Waals surface area contributed by atoms with Gasteiger partial charge in [0.2, 0.25) is 5.91 Å². The first kappa shape index (κ1) is 68.7. The molecule has 0 aliphatic carbocycles. The number of nitrogens with zero attached hydrogens (tertiary/aromatic N) is 1. The second kappa shape index (κ2) is 52.6. The molecule has 0 radical (unpaired) electrons. The maximum atomic E-state index is 13.0. The minimum atomic E-state index is -4.60. The highest BCUT2D eigenvalue weighted by Gasteiger charge is 2.23. The summed E-state index contributed by atoms with van der Waals surface area (Å²) in [6.45, 7) is 4.68. The van der Waals surface area contributed by atoms with Gasteiger partial charge in [-0.05, 0) is 51.4 Å². The number of amides is 1. The zero-order chi connectivity index (χ0) is 51.3. The SMILES string of the molecule is CCCCCCCCCCC/C=C\C/C=C\CCCCCCCCCC(=O)NC(COP(=O)([O-])OCC[N+](C)(C)C)C(O)/C=C/CCCCCCCCCCCCCCCCCCCCCCCCC. The molecule has 0 saturated heterocycles. The van der Waals surface area contributed by atoms with E-state index in [0.29, 0.717) is 17.4 Å². The summed E-state index contributed by atoms with van der Waals surface area (Å²) in [7, 11) is 1.26. The zero-order valence-electron chi connectivity index (χ0n) is 47.2. The van der Waals surface area contributed by atoms with Crippen LogP contribution < -0.4 is 10.2 Å². The molecule has 0 bridgehead atoms. The van der Waals surface area contributed by atoms with Crippen LogP contribution in [0.5, 0.6) is 0 Å². The summed E-state index contributed by atoms with van der Waals surface area (Å²) < 4.78 is 23.4. The van der Waals surface area contributed by atoms with Gasteiger partial charge in [-0.25, -0.2) is 0 Å². The Bertz CT molecular complexity index is 1230. The molecular weight excluding hydrogens is 888 g/mol. The number of hydrogen-bond donors (Lipinski definition) is 2. The topological polar surface area (TPSA) is 108 Å². The number of likely N-dealkylation sites (N-methyl/N-ethyl adjacent to an activating group) is 1. The molecule has 0 heterocycles. The lowest BCUT2D eigenvalue weighted by Gasteiger charge is -2.29. The third-order valence-electron chi connectivity index (χ3n) is 13.8. The highest BCUT2D eigenvalue weighted by atomic mass is 31.2. The van der Waals surface area contributed by atoms with Gasteiger partial charge in [-0.3, -0.25) is 9.36 Å². The van der Waals surface area contributed by atoms with Crippen molar-refractivity contribution in [3.63, 3.8) is 0 Å². The van der Waals surface area contributed by atoms with Crippen LogP contribution in [0.1, 0.15) is 296 Å². The van der Waals surface area contributed by atoms with Crippen LogP contribution in [-0.2, 0) is 18.4 Å². The van der Waals surface area contributed by atoms with Crippen LogP contribution in [0, 0.1) is 0 Å². The number of aliphatic hydroxyl groups excluding tert-OH is 1. The van der Waals surface area contributed by atoms with E-state index in [4.69, 9.17) is 9.05 Å². The Kier molecular flexibility index (Phi) is 51.6. The quantitative estimate of drug-likeness (QED) is 0.0272. The lowest BCUT2D eigenvalue weighted by Crippen LogP contribution is -2.45. The number of rotatable bonds is 56. The number of carbonyl (C=O) groups is 1. The Balaban J connectivity index is 4.20. The predicted molar refractivity (Wildman–Crippen MR) is 302 cm³/mol. The predicted octanol–water partition coefficient (Wildman–Crippen LogP) is 17.9. The molecule has 0 aliphatic rings. The zero-order valence-corrected chi connectivity index (χ0v) is 48.1. The van der Waals surface area contributed by atoms with Gasteiger partial charge in [-0.15, -0.1) is 0 Å². The molecular formula is C61H119N2O6P. The van der Waals surface area contributed by atoms with Crippen LogP contribution >= 0.6 is 7.82 Å². The molecule has 0 saturated carbocycles. The van der Waals surface area contributed by atoms with Gasteiger partial charge in [-0.1, -0.05) is 275 Å². The van der Waals surface area contributed by atoms with Gasteiger partial charge in [0, 0.05) is 6.42 Å².